The summed E-state index contributed by atoms with van der Waals surface area (Å²) in [6.45, 7) is 5.73. The first kappa shape index (κ1) is 9.53. The summed E-state index contributed by atoms with van der Waals surface area (Å²) < 4.78 is 0. The van der Waals surface area contributed by atoms with Gasteiger partial charge in [0.05, 0.1) is 0 Å². The van der Waals surface area contributed by atoms with Gasteiger partial charge < -0.3 is 0 Å². The maximum absolute atomic E-state index is 3.72. The van der Waals surface area contributed by atoms with Crippen molar-refractivity contribution < 1.29 is 0 Å². The Morgan fingerprint density at radius 1 is 1.23 bits per heavy atom. The lowest BCUT2D eigenvalue weighted by Gasteiger charge is -1.92. The molecule has 66 valence electrons. The lowest BCUT2D eigenvalue weighted by Crippen LogP contribution is -1.70. The van der Waals surface area contributed by atoms with Gasteiger partial charge in [-0.2, -0.15) is 0 Å². The molecule has 1 aromatic rings. The van der Waals surface area contributed by atoms with Gasteiger partial charge in [-0.15, -0.1) is 0 Å². The van der Waals surface area contributed by atoms with Gasteiger partial charge in [0.15, 0.2) is 0 Å². The molecule has 0 aliphatic rings. The van der Waals surface area contributed by atoms with E-state index < -0.39 is 0 Å². The van der Waals surface area contributed by atoms with E-state index in [0.29, 0.717) is 0 Å². The van der Waals surface area contributed by atoms with Gasteiger partial charge in [0.1, 0.15) is 0 Å². The second-order valence-corrected chi connectivity index (χ2v) is 2.74. The van der Waals surface area contributed by atoms with Crippen LogP contribution in [0, 0.1) is 0 Å². The molecule has 0 spiro atoms. The second kappa shape index (κ2) is 5.15. The molecular formula is C13H14. The third-order valence-corrected chi connectivity index (χ3v) is 1.84. The van der Waals surface area contributed by atoms with E-state index in [4.69, 9.17) is 0 Å². The Balaban J connectivity index is 2.74. The third kappa shape index (κ3) is 3.12. The molecule has 0 amide bonds. The monoisotopic (exact) mass is 170 g/mol. The minimum absolute atomic E-state index is 1.14. The van der Waals surface area contributed by atoms with Crippen LogP contribution in [0.1, 0.15) is 12.5 Å². The fraction of sp³-hybridized carbons (Fsp3) is 0.0769. The SMILES string of the molecule is C=CC(/C=C/c1ccccc1)=C\C. The van der Waals surface area contributed by atoms with Crippen LogP contribution in [0.3, 0.4) is 0 Å². The summed E-state index contributed by atoms with van der Waals surface area (Å²) in [5, 5.41) is 0. The topological polar surface area (TPSA) is 0 Å². The van der Waals surface area contributed by atoms with Gasteiger partial charge in [0, 0.05) is 0 Å². The van der Waals surface area contributed by atoms with Crippen molar-refractivity contribution in [3.8, 4) is 0 Å². The van der Waals surface area contributed by atoms with Gasteiger partial charge in [-0.3, -0.25) is 0 Å². The van der Waals surface area contributed by atoms with Crippen molar-refractivity contribution in [1.29, 1.82) is 0 Å². The molecule has 0 atom stereocenters. The Hall–Kier alpha value is -1.56. The van der Waals surface area contributed by atoms with E-state index in [1.54, 1.807) is 0 Å². The number of allylic oxidation sites excluding steroid dienone is 4. The van der Waals surface area contributed by atoms with Gasteiger partial charge in [-0.25, -0.2) is 0 Å². The van der Waals surface area contributed by atoms with E-state index in [-0.39, 0.29) is 0 Å². The molecule has 1 aromatic carbocycles. The first-order chi connectivity index (χ1) is 6.36. The van der Waals surface area contributed by atoms with E-state index in [1.807, 2.05) is 37.3 Å². The zero-order valence-electron chi connectivity index (χ0n) is 7.90. The predicted molar refractivity (Wildman–Crippen MR) is 59.4 cm³/mol. The molecular weight excluding hydrogens is 156 g/mol. The van der Waals surface area contributed by atoms with Crippen molar-refractivity contribution >= 4 is 6.08 Å². The maximum Gasteiger partial charge on any atom is -0.0256 e. The first-order valence-corrected chi connectivity index (χ1v) is 4.38. The standard InChI is InChI=1S/C13H14/c1-3-12(4-2)10-11-13-8-6-5-7-9-13/h3-11H,1H2,2H3/b11-10+,12-4+. The molecule has 0 aliphatic carbocycles. The average molecular weight is 170 g/mol. The molecule has 0 N–H and O–H groups in total. The molecule has 0 aliphatic heterocycles. The van der Waals surface area contributed by atoms with E-state index in [0.717, 1.165) is 5.57 Å². The smallest absolute Gasteiger partial charge is 0.0256 e. The highest BCUT2D eigenvalue weighted by Gasteiger charge is 1.83. The summed E-state index contributed by atoms with van der Waals surface area (Å²) in [7, 11) is 0. The van der Waals surface area contributed by atoms with Crippen LogP contribution in [0.2, 0.25) is 0 Å². The average Bonchev–Trinajstić information content (AvgIpc) is 2.21. The van der Waals surface area contributed by atoms with Crippen molar-refractivity contribution in [2.24, 2.45) is 0 Å². The minimum Gasteiger partial charge on any atom is -0.0985 e. The lowest BCUT2D eigenvalue weighted by molar-refractivity contribution is 1.61. The highest BCUT2D eigenvalue weighted by atomic mass is 13.9. The van der Waals surface area contributed by atoms with Crippen LogP contribution in [0.4, 0.5) is 0 Å². The highest BCUT2D eigenvalue weighted by molar-refractivity contribution is 5.54. The number of hydrogen-bond donors (Lipinski definition) is 0. The fourth-order valence-corrected chi connectivity index (χ4v) is 1.04. The Bertz CT molecular complexity index is 315. The summed E-state index contributed by atoms with van der Waals surface area (Å²) in [5.41, 5.74) is 2.35. The first-order valence-electron chi connectivity index (χ1n) is 4.38. The fourth-order valence-electron chi connectivity index (χ4n) is 1.04. The zero-order chi connectivity index (χ0) is 9.52. The molecule has 1 rings (SSSR count). The highest BCUT2D eigenvalue weighted by Crippen LogP contribution is 2.05. The van der Waals surface area contributed by atoms with Crippen molar-refractivity contribution in [2.75, 3.05) is 0 Å². The van der Waals surface area contributed by atoms with Crippen LogP contribution >= 0.6 is 0 Å². The third-order valence-electron chi connectivity index (χ3n) is 1.84. The maximum atomic E-state index is 3.72. The summed E-state index contributed by atoms with van der Waals surface area (Å²) in [6.07, 6.45) is 8.02. The van der Waals surface area contributed by atoms with Crippen LogP contribution in [-0.2, 0) is 0 Å². The van der Waals surface area contributed by atoms with Gasteiger partial charge in [0.2, 0.25) is 0 Å². The van der Waals surface area contributed by atoms with Crippen LogP contribution in [0.15, 0.2) is 60.7 Å². The van der Waals surface area contributed by atoms with Crippen LogP contribution in [0.25, 0.3) is 6.08 Å². The molecule has 0 heterocycles. The second-order valence-electron chi connectivity index (χ2n) is 2.74. The van der Waals surface area contributed by atoms with Crippen molar-refractivity contribution in [3.05, 3.63) is 66.3 Å². The van der Waals surface area contributed by atoms with E-state index in [9.17, 15) is 0 Å². The summed E-state index contributed by atoms with van der Waals surface area (Å²) >= 11 is 0. The lowest BCUT2D eigenvalue weighted by atomic mass is 10.1. The summed E-state index contributed by atoms with van der Waals surface area (Å²) in [4.78, 5) is 0. The molecule has 0 saturated heterocycles. The number of rotatable bonds is 3. The van der Waals surface area contributed by atoms with Gasteiger partial charge in [-0.05, 0) is 18.1 Å². The van der Waals surface area contributed by atoms with Crippen LogP contribution in [-0.4, -0.2) is 0 Å². The Morgan fingerprint density at radius 3 is 2.46 bits per heavy atom. The van der Waals surface area contributed by atoms with Gasteiger partial charge in [0.25, 0.3) is 0 Å². The number of benzene rings is 1. The quantitative estimate of drug-likeness (QED) is 0.605. The van der Waals surface area contributed by atoms with E-state index >= 15 is 0 Å². The van der Waals surface area contributed by atoms with Crippen LogP contribution < -0.4 is 0 Å². The Morgan fingerprint density at radius 2 is 1.92 bits per heavy atom. The Kier molecular flexibility index (Phi) is 3.77. The summed E-state index contributed by atoms with van der Waals surface area (Å²) in [6, 6.07) is 10.2. The van der Waals surface area contributed by atoms with Crippen LogP contribution in [0.5, 0.6) is 0 Å². The molecule has 0 bridgehead atoms. The van der Waals surface area contributed by atoms with Crippen molar-refractivity contribution in [1.82, 2.24) is 0 Å². The molecule has 0 radical (unpaired) electrons. The Labute approximate surface area is 79.9 Å². The molecule has 0 heteroatoms. The van der Waals surface area contributed by atoms with Gasteiger partial charge >= 0.3 is 0 Å². The molecule has 0 fully saturated rings. The zero-order valence-corrected chi connectivity index (χ0v) is 7.90. The van der Waals surface area contributed by atoms with Crippen molar-refractivity contribution in [2.45, 2.75) is 6.92 Å². The largest absolute Gasteiger partial charge is 0.0985 e. The minimum atomic E-state index is 1.14. The predicted octanol–water partition coefficient (Wildman–Crippen LogP) is 3.83. The normalized spacial score (nSPS) is 11.9. The molecule has 0 nitrogen and oxygen atoms in total. The molecule has 0 aromatic heterocycles. The summed E-state index contributed by atoms with van der Waals surface area (Å²) in [5.74, 6) is 0. The van der Waals surface area contributed by atoms with E-state index in [2.05, 4.69) is 30.9 Å². The van der Waals surface area contributed by atoms with Crippen molar-refractivity contribution in [3.63, 3.8) is 0 Å². The number of hydrogen-bond acceptors (Lipinski definition) is 0. The molecule has 0 saturated carbocycles. The molecule has 13 heavy (non-hydrogen) atoms. The van der Waals surface area contributed by atoms with E-state index in [1.165, 1.54) is 5.56 Å². The molecule has 0 unspecified atom stereocenters. The van der Waals surface area contributed by atoms with Gasteiger partial charge in [-0.1, -0.05) is 61.2 Å².